The summed E-state index contributed by atoms with van der Waals surface area (Å²) in [5, 5.41) is 0. The number of hydrogen-bond acceptors (Lipinski definition) is 4. The summed E-state index contributed by atoms with van der Waals surface area (Å²) in [6.07, 6.45) is 109. The van der Waals surface area contributed by atoms with Gasteiger partial charge in [-0.2, -0.15) is 0 Å². The van der Waals surface area contributed by atoms with Crippen LogP contribution in [-0.4, -0.2) is 17.7 Å². The molecule has 0 bridgehead atoms. The average Bonchev–Trinajstić information content (AvgIpc) is 1.08. The molecule has 1 unspecified atom stereocenters. The van der Waals surface area contributed by atoms with Crippen molar-refractivity contribution >= 4 is 17.7 Å². The number of carbonyl (C=O) groups excluding carboxylic acids is 3. The number of ether oxygens (including phenoxy) is 1. The third-order valence-electron chi connectivity index (χ3n) is 26.9. The summed E-state index contributed by atoms with van der Waals surface area (Å²) in [6, 6.07) is 0. The average molecular weight is 1490 g/mol. The van der Waals surface area contributed by atoms with Crippen LogP contribution < -0.4 is 0 Å². The topological polar surface area (TPSA) is 60.4 Å². The molecule has 1 atom stereocenters. The lowest BCUT2D eigenvalue weighted by molar-refractivity contribution is -0.177. The Labute approximate surface area is 668 Å². The highest BCUT2D eigenvalue weighted by Crippen LogP contribution is 2.61. The maximum atomic E-state index is 18.6. The number of rotatable bonds is 85. The summed E-state index contributed by atoms with van der Waals surface area (Å²) in [6.45, 7) is 16.3. The molecule has 1 aliphatic rings. The molecule has 630 valence electrons. The van der Waals surface area contributed by atoms with Gasteiger partial charge in [-0.1, -0.05) is 549 Å². The highest BCUT2D eigenvalue weighted by Gasteiger charge is 2.60. The monoisotopic (exact) mass is 1490 g/mol. The first-order chi connectivity index (χ1) is 52.2. The van der Waals surface area contributed by atoms with Crippen molar-refractivity contribution in [2.75, 3.05) is 0 Å². The summed E-state index contributed by atoms with van der Waals surface area (Å²) in [5.41, 5.74) is -1.58. The van der Waals surface area contributed by atoms with Gasteiger partial charge in [0, 0.05) is 17.8 Å². The molecular formula is C102H198O4. The minimum Gasteiger partial charge on any atom is -0.393 e. The molecule has 4 heteroatoms. The molecule has 0 N–H and O–H groups in total. The van der Waals surface area contributed by atoms with Crippen LogP contribution in [0.4, 0.5) is 0 Å². The summed E-state index contributed by atoms with van der Waals surface area (Å²) in [4.78, 5) is 50.2. The second-order valence-corrected chi connectivity index (χ2v) is 36.4. The van der Waals surface area contributed by atoms with Crippen LogP contribution in [0.2, 0.25) is 0 Å². The zero-order chi connectivity index (χ0) is 76.7. The first-order valence-corrected chi connectivity index (χ1v) is 50.5. The van der Waals surface area contributed by atoms with Gasteiger partial charge >= 0.3 is 11.9 Å². The molecule has 0 aromatic heterocycles. The summed E-state index contributed by atoms with van der Waals surface area (Å²) in [5.74, 6) is -0.440. The van der Waals surface area contributed by atoms with Crippen LogP contribution in [0.15, 0.2) is 0 Å². The van der Waals surface area contributed by atoms with Gasteiger partial charge in [-0.3, -0.25) is 14.4 Å². The fourth-order valence-corrected chi connectivity index (χ4v) is 19.7. The van der Waals surface area contributed by atoms with E-state index in [4.69, 9.17) is 4.74 Å². The molecule has 0 heterocycles. The van der Waals surface area contributed by atoms with E-state index in [0.29, 0.717) is 25.0 Å². The summed E-state index contributed by atoms with van der Waals surface area (Å²) in [7, 11) is 0. The summed E-state index contributed by atoms with van der Waals surface area (Å²) < 4.78 is 6.70. The molecule has 0 aliphatic heterocycles. The van der Waals surface area contributed by atoms with Crippen LogP contribution >= 0.6 is 0 Å². The molecule has 0 saturated heterocycles. The van der Waals surface area contributed by atoms with E-state index in [9.17, 15) is 4.79 Å². The largest absolute Gasteiger partial charge is 0.393 e. The predicted octanol–water partition coefficient (Wildman–Crippen LogP) is 36.7. The number of esters is 2. The second kappa shape index (κ2) is 79.1. The Morgan fingerprint density at radius 3 is 0.745 bits per heavy atom. The van der Waals surface area contributed by atoms with Gasteiger partial charge in [-0.25, -0.2) is 0 Å². The molecule has 4 nitrogen and oxygen atoms in total. The molecule has 0 amide bonds. The van der Waals surface area contributed by atoms with E-state index in [1.54, 1.807) is 0 Å². The van der Waals surface area contributed by atoms with Crippen LogP contribution in [-0.2, 0) is 19.1 Å². The van der Waals surface area contributed by atoms with Crippen LogP contribution in [0.5, 0.6) is 0 Å². The van der Waals surface area contributed by atoms with Crippen LogP contribution in [0.1, 0.15) is 613 Å². The van der Waals surface area contributed by atoms with Crippen LogP contribution in [0.25, 0.3) is 0 Å². The zero-order valence-electron chi connectivity index (χ0n) is 74.4. The standard InChI is InChI=1S/C102H198O4/c1-8-15-22-29-36-43-46-49-50-52-55-58-61-70-79-88-97(103)106-99(105)101(92-83-74-63-39-32-25-18-11-4,93-84-75-64-40-33-26-19-12-5)96(87-78-69-60-57-54-51-47-44-37-30-23-16-9-2)98(104)102(94-85-76-65-41-34-27-20-13-6,95-86-77-66-42-35-28-21-14-7)100(90-81-72-67-68-73-82-91-100)89-80-71-62-59-56-53-48-45-38-31-24-17-10-3/h96H,8-95H2,1-7H3. The molecule has 1 fully saturated rings. The first kappa shape index (κ1) is 103. The van der Waals surface area contributed by atoms with Gasteiger partial charge in [-0.05, 0) is 63.2 Å². The van der Waals surface area contributed by atoms with E-state index in [1.165, 1.54) is 456 Å². The van der Waals surface area contributed by atoms with Gasteiger partial charge in [0.25, 0.3) is 0 Å². The Morgan fingerprint density at radius 2 is 0.472 bits per heavy atom. The van der Waals surface area contributed by atoms with E-state index < -0.39 is 16.7 Å². The van der Waals surface area contributed by atoms with Gasteiger partial charge in [-0.15, -0.1) is 0 Å². The van der Waals surface area contributed by atoms with Gasteiger partial charge in [0.15, 0.2) is 0 Å². The van der Waals surface area contributed by atoms with Crippen molar-refractivity contribution in [1.29, 1.82) is 0 Å². The van der Waals surface area contributed by atoms with Gasteiger partial charge in [0.05, 0.1) is 5.41 Å². The van der Waals surface area contributed by atoms with Crippen LogP contribution in [0, 0.1) is 22.2 Å². The van der Waals surface area contributed by atoms with E-state index in [-0.39, 0.29) is 17.4 Å². The lowest BCUT2D eigenvalue weighted by Gasteiger charge is -2.54. The smallest absolute Gasteiger partial charge is 0.320 e. The van der Waals surface area contributed by atoms with Crippen molar-refractivity contribution in [2.24, 2.45) is 22.2 Å². The van der Waals surface area contributed by atoms with Crippen molar-refractivity contribution in [1.82, 2.24) is 0 Å². The van der Waals surface area contributed by atoms with E-state index >= 15 is 9.59 Å². The zero-order valence-corrected chi connectivity index (χ0v) is 74.4. The van der Waals surface area contributed by atoms with Crippen molar-refractivity contribution < 1.29 is 19.1 Å². The Bertz CT molecular complexity index is 1750. The maximum Gasteiger partial charge on any atom is 0.320 e. The highest BCUT2D eigenvalue weighted by molar-refractivity contribution is 5.96. The Kier molecular flexibility index (Phi) is 76.7. The first-order valence-electron chi connectivity index (χ1n) is 50.5. The molecule has 0 spiro atoms. The minimum atomic E-state index is -0.998. The number of unbranched alkanes of at least 4 members (excludes halogenated alkanes) is 66. The van der Waals surface area contributed by atoms with Crippen molar-refractivity contribution in [3.8, 4) is 0 Å². The lowest BCUT2D eigenvalue weighted by Crippen LogP contribution is -2.55. The van der Waals surface area contributed by atoms with Crippen molar-refractivity contribution in [2.45, 2.75) is 613 Å². The third kappa shape index (κ3) is 55.3. The SMILES string of the molecule is CCCCCCCCCCCCCCCCCC(=O)OC(=O)C(CCCCCCCCCC)(CCCCCCCCCC)C(CCCCCCCCCCCCCCC)C(=O)C(CCCCCCCCCC)(CCCCCCCCCC)C1(CCCCCCCCCCCCCCC)CCCCCCCC1. The number of ketones is 1. The number of Topliss-reactive ketones (excluding diaryl/α,β-unsaturated/α-hetero) is 1. The predicted molar refractivity (Wildman–Crippen MR) is 473 cm³/mol. The van der Waals surface area contributed by atoms with Gasteiger partial charge in [0.1, 0.15) is 5.78 Å². The fraction of sp³-hybridized carbons (Fsp3) is 0.971. The van der Waals surface area contributed by atoms with Crippen molar-refractivity contribution in [3.05, 3.63) is 0 Å². The van der Waals surface area contributed by atoms with Crippen LogP contribution in [0.3, 0.4) is 0 Å². The van der Waals surface area contributed by atoms with Gasteiger partial charge < -0.3 is 4.74 Å². The molecule has 0 aromatic carbocycles. The highest BCUT2D eigenvalue weighted by atomic mass is 16.6. The molecule has 1 aliphatic carbocycles. The molecule has 1 rings (SSSR count). The van der Waals surface area contributed by atoms with Crippen molar-refractivity contribution in [3.63, 3.8) is 0 Å². The van der Waals surface area contributed by atoms with E-state index in [2.05, 4.69) is 48.5 Å². The lowest BCUT2D eigenvalue weighted by atomic mass is 9.48. The van der Waals surface area contributed by atoms with E-state index in [1.807, 2.05) is 0 Å². The fourth-order valence-electron chi connectivity index (χ4n) is 19.7. The molecule has 106 heavy (non-hydrogen) atoms. The molecule has 1 saturated carbocycles. The Morgan fingerprint density at radius 1 is 0.255 bits per heavy atom. The molecular weight excluding hydrogens is 1290 g/mol. The summed E-state index contributed by atoms with van der Waals surface area (Å²) >= 11 is 0. The number of hydrogen-bond donors (Lipinski definition) is 0. The normalized spacial score (nSPS) is 14.0. The molecule has 0 aromatic rings. The van der Waals surface area contributed by atoms with Gasteiger partial charge in [0.2, 0.25) is 0 Å². The minimum absolute atomic E-state index is 0.0846. The second-order valence-electron chi connectivity index (χ2n) is 36.4. The third-order valence-corrected chi connectivity index (χ3v) is 26.9. The molecule has 0 radical (unpaired) electrons. The Hall–Kier alpha value is -1.19. The van der Waals surface area contributed by atoms with E-state index in [0.717, 1.165) is 89.9 Å². The Balaban J connectivity index is 4.30. The maximum absolute atomic E-state index is 18.6. The number of carbonyl (C=O) groups is 3. The quantitative estimate of drug-likeness (QED) is 0.0346.